The molecule has 0 unspecified atom stereocenters. The first-order chi connectivity index (χ1) is 8.70. The summed E-state index contributed by atoms with van der Waals surface area (Å²) in [4.78, 5) is 0. The van der Waals surface area contributed by atoms with E-state index in [1.165, 1.54) is 12.8 Å². The quantitative estimate of drug-likeness (QED) is 0.800. The van der Waals surface area contributed by atoms with Crippen molar-refractivity contribution in [2.24, 2.45) is 5.92 Å². The number of hydrogen-bond acceptors (Lipinski definition) is 6. The molecule has 0 radical (unpaired) electrons. The first kappa shape index (κ1) is 13.6. The average Bonchev–Trinajstić information content (AvgIpc) is 3.10. The van der Waals surface area contributed by atoms with Gasteiger partial charge in [-0.05, 0) is 30.3 Å². The number of aliphatic hydroxyl groups is 1. The number of ether oxygens (including phenoxy) is 1. The third-order valence-corrected chi connectivity index (χ3v) is 3.80. The van der Waals surface area contributed by atoms with Crippen molar-refractivity contribution < 1.29 is 9.84 Å². The third-order valence-electron chi connectivity index (χ3n) is 2.62. The Hall–Kier alpha value is -0.870. The molecule has 0 bridgehead atoms. The molecule has 0 saturated heterocycles. The van der Waals surface area contributed by atoms with Gasteiger partial charge in [-0.15, -0.1) is 0 Å². The highest BCUT2D eigenvalue weighted by Crippen LogP contribution is 2.29. The summed E-state index contributed by atoms with van der Waals surface area (Å²) in [5, 5.41) is 22.3. The minimum atomic E-state index is -0.601. The summed E-state index contributed by atoms with van der Waals surface area (Å²) >= 11 is 6.85. The number of nitrogens with zero attached hydrogens (tertiary/aromatic N) is 2. The van der Waals surface area contributed by atoms with E-state index < -0.39 is 6.10 Å². The first-order valence-electron chi connectivity index (χ1n) is 5.75. The van der Waals surface area contributed by atoms with E-state index in [0.29, 0.717) is 29.6 Å². The second kappa shape index (κ2) is 6.34. The van der Waals surface area contributed by atoms with E-state index in [1.54, 1.807) is 0 Å². The van der Waals surface area contributed by atoms with Gasteiger partial charge in [0.1, 0.15) is 16.6 Å². The fourth-order valence-electron chi connectivity index (χ4n) is 1.41. The van der Waals surface area contributed by atoms with Crippen LogP contribution in [0, 0.1) is 17.2 Å². The number of halogens is 1. The topological polar surface area (TPSA) is 78.2 Å². The molecule has 1 aliphatic rings. The van der Waals surface area contributed by atoms with Gasteiger partial charge in [-0.25, -0.2) is 0 Å². The zero-order valence-electron chi connectivity index (χ0n) is 9.73. The molecule has 18 heavy (non-hydrogen) atoms. The van der Waals surface area contributed by atoms with Crippen LogP contribution in [0.25, 0.3) is 0 Å². The molecule has 1 heterocycles. The van der Waals surface area contributed by atoms with Crippen LogP contribution in [0.5, 0.6) is 0 Å². The Kier molecular flexibility index (Phi) is 4.78. The van der Waals surface area contributed by atoms with Crippen LogP contribution in [0.4, 0.5) is 5.00 Å². The lowest BCUT2D eigenvalue weighted by molar-refractivity contribution is 0.0386. The van der Waals surface area contributed by atoms with Crippen molar-refractivity contribution >= 4 is 28.1 Å². The predicted molar refractivity (Wildman–Crippen MR) is 69.9 cm³/mol. The van der Waals surface area contributed by atoms with E-state index in [4.69, 9.17) is 21.6 Å². The zero-order valence-corrected chi connectivity index (χ0v) is 11.3. The minimum Gasteiger partial charge on any atom is -0.389 e. The van der Waals surface area contributed by atoms with E-state index in [-0.39, 0.29) is 5.15 Å². The normalized spacial score (nSPS) is 16.3. The van der Waals surface area contributed by atoms with Crippen molar-refractivity contribution in [2.45, 2.75) is 18.9 Å². The molecule has 1 aromatic rings. The number of nitrogens with one attached hydrogen (secondary N) is 1. The number of hydrogen-bond donors (Lipinski definition) is 2. The largest absolute Gasteiger partial charge is 0.389 e. The molecule has 1 saturated carbocycles. The Morgan fingerprint density at radius 2 is 2.44 bits per heavy atom. The molecule has 0 spiro atoms. The van der Waals surface area contributed by atoms with Crippen LogP contribution < -0.4 is 5.32 Å². The van der Waals surface area contributed by atoms with Gasteiger partial charge in [0, 0.05) is 13.2 Å². The molecule has 1 atom stereocenters. The molecular formula is C11H14ClN3O2S. The summed E-state index contributed by atoms with van der Waals surface area (Å²) in [6.07, 6.45) is 1.87. The SMILES string of the molecule is N#Cc1c(Cl)nsc1NC[C@@H](O)COCC1CC1. The lowest BCUT2D eigenvalue weighted by Crippen LogP contribution is -2.25. The number of rotatable bonds is 7. The highest BCUT2D eigenvalue weighted by molar-refractivity contribution is 7.10. The van der Waals surface area contributed by atoms with Crippen molar-refractivity contribution in [2.75, 3.05) is 25.1 Å². The Bertz CT molecular complexity index is 442. The van der Waals surface area contributed by atoms with Crippen molar-refractivity contribution in [3.05, 3.63) is 10.7 Å². The van der Waals surface area contributed by atoms with Crippen LogP contribution in [0.2, 0.25) is 5.15 Å². The number of nitriles is 1. The van der Waals surface area contributed by atoms with Gasteiger partial charge in [0.2, 0.25) is 0 Å². The van der Waals surface area contributed by atoms with Gasteiger partial charge in [0.05, 0.1) is 12.7 Å². The van der Waals surface area contributed by atoms with Crippen molar-refractivity contribution in [3.8, 4) is 6.07 Å². The maximum atomic E-state index is 9.70. The smallest absolute Gasteiger partial charge is 0.162 e. The van der Waals surface area contributed by atoms with Gasteiger partial charge in [0.25, 0.3) is 0 Å². The van der Waals surface area contributed by atoms with Crippen LogP contribution in [0.1, 0.15) is 18.4 Å². The lowest BCUT2D eigenvalue weighted by atomic mass is 10.3. The third kappa shape index (κ3) is 3.82. The molecular weight excluding hydrogens is 274 g/mol. The predicted octanol–water partition coefficient (Wildman–Crippen LogP) is 1.87. The first-order valence-corrected chi connectivity index (χ1v) is 6.90. The van der Waals surface area contributed by atoms with Crippen LogP contribution in [0.15, 0.2) is 0 Å². The average molecular weight is 288 g/mol. The molecule has 2 rings (SSSR count). The minimum absolute atomic E-state index is 0.199. The Balaban J connectivity index is 1.70. The van der Waals surface area contributed by atoms with E-state index in [0.717, 1.165) is 18.1 Å². The number of aliphatic hydroxyl groups excluding tert-OH is 1. The second-order valence-electron chi connectivity index (χ2n) is 4.30. The molecule has 7 heteroatoms. The molecule has 0 aromatic carbocycles. The fourth-order valence-corrected chi connectivity index (χ4v) is 2.35. The van der Waals surface area contributed by atoms with Gasteiger partial charge < -0.3 is 15.2 Å². The second-order valence-corrected chi connectivity index (χ2v) is 5.44. The summed E-state index contributed by atoms with van der Waals surface area (Å²) in [6.45, 7) is 1.35. The molecule has 1 aliphatic carbocycles. The fraction of sp³-hybridized carbons (Fsp3) is 0.636. The maximum absolute atomic E-state index is 9.70. The molecule has 0 aliphatic heterocycles. The van der Waals surface area contributed by atoms with Crippen LogP contribution >= 0.6 is 23.1 Å². The summed E-state index contributed by atoms with van der Waals surface area (Å²) < 4.78 is 9.24. The highest BCUT2D eigenvalue weighted by atomic mass is 35.5. The Morgan fingerprint density at radius 1 is 1.67 bits per heavy atom. The maximum Gasteiger partial charge on any atom is 0.162 e. The zero-order chi connectivity index (χ0) is 13.0. The van der Waals surface area contributed by atoms with E-state index in [2.05, 4.69) is 9.69 Å². The number of anilines is 1. The summed E-state index contributed by atoms with van der Waals surface area (Å²) in [5.41, 5.74) is 0.327. The molecule has 2 N–H and O–H groups in total. The van der Waals surface area contributed by atoms with E-state index >= 15 is 0 Å². The van der Waals surface area contributed by atoms with Crippen LogP contribution in [-0.4, -0.2) is 35.3 Å². The highest BCUT2D eigenvalue weighted by Gasteiger charge is 2.21. The van der Waals surface area contributed by atoms with Crippen LogP contribution in [0.3, 0.4) is 0 Å². The summed E-state index contributed by atoms with van der Waals surface area (Å²) in [6, 6.07) is 1.97. The molecule has 98 valence electrons. The molecule has 5 nitrogen and oxygen atoms in total. The standard InChI is InChI=1S/C11H14ClN3O2S/c12-10-9(3-13)11(18-15-10)14-4-8(16)6-17-5-7-1-2-7/h7-8,14,16H,1-2,4-6H2/t8-/m1/s1. The summed E-state index contributed by atoms with van der Waals surface area (Å²) in [7, 11) is 0. The van der Waals surface area contributed by atoms with Gasteiger partial charge in [-0.3, -0.25) is 0 Å². The van der Waals surface area contributed by atoms with E-state index in [1.807, 2.05) is 6.07 Å². The van der Waals surface area contributed by atoms with E-state index in [9.17, 15) is 5.11 Å². The lowest BCUT2D eigenvalue weighted by Gasteiger charge is -2.11. The number of aromatic nitrogens is 1. The van der Waals surface area contributed by atoms with Gasteiger partial charge in [-0.2, -0.15) is 9.64 Å². The molecule has 1 fully saturated rings. The Labute approximate surface area is 114 Å². The van der Waals surface area contributed by atoms with Crippen LogP contribution in [-0.2, 0) is 4.74 Å². The summed E-state index contributed by atoms with van der Waals surface area (Å²) in [5.74, 6) is 0.690. The molecule has 0 amide bonds. The molecule has 1 aromatic heterocycles. The van der Waals surface area contributed by atoms with Gasteiger partial charge in [-0.1, -0.05) is 11.6 Å². The van der Waals surface area contributed by atoms with Gasteiger partial charge >= 0.3 is 0 Å². The van der Waals surface area contributed by atoms with Crippen molar-refractivity contribution in [1.82, 2.24) is 4.37 Å². The van der Waals surface area contributed by atoms with Crippen molar-refractivity contribution in [1.29, 1.82) is 5.26 Å². The van der Waals surface area contributed by atoms with Gasteiger partial charge in [0.15, 0.2) is 5.15 Å². The Morgan fingerprint density at radius 3 is 3.11 bits per heavy atom. The van der Waals surface area contributed by atoms with Crippen molar-refractivity contribution in [3.63, 3.8) is 0 Å². The monoisotopic (exact) mass is 287 g/mol.